The Balaban J connectivity index is 0.000000924. The van der Waals surface area contributed by atoms with E-state index in [4.69, 9.17) is 0 Å². The zero-order chi connectivity index (χ0) is 16.8. The summed E-state index contributed by atoms with van der Waals surface area (Å²) in [6, 6.07) is 15.4. The summed E-state index contributed by atoms with van der Waals surface area (Å²) in [5.41, 5.74) is 7.93. The molecule has 23 heavy (non-hydrogen) atoms. The Morgan fingerprint density at radius 3 is 2.30 bits per heavy atom. The molecule has 1 aliphatic carbocycles. The molecule has 0 nitrogen and oxygen atoms in total. The SMILES string of the molecule is CC.CC1=CC(c2cc(Br)cc(-c3cccc(C)c3)c2)=CCC1. The molecular formula is C22H25Br. The van der Waals surface area contributed by atoms with Crippen LogP contribution in [0.4, 0.5) is 0 Å². The zero-order valence-electron chi connectivity index (χ0n) is 14.5. The number of aryl methyl sites for hydroxylation is 1. The lowest BCUT2D eigenvalue weighted by molar-refractivity contribution is 0.966. The number of benzene rings is 2. The molecule has 0 N–H and O–H groups in total. The Morgan fingerprint density at radius 2 is 1.61 bits per heavy atom. The summed E-state index contributed by atoms with van der Waals surface area (Å²) in [4.78, 5) is 0. The predicted molar refractivity (Wildman–Crippen MR) is 107 cm³/mol. The van der Waals surface area contributed by atoms with Crippen molar-refractivity contribution in [3.05, 3.63) is 75.8 Å². The molecule has 0 saturated heterocycles. The fourth-order valence-corrected chi connectivity index (χ4v) is 3.29. The minimum absolute atomic E-state index is 1.13. The normalized spacial score (nSPS) is 13.6. The van der Waals surface area contributed by atoms with Gasteiger partial charge in [-0.05, 0) is 67.2 Å². The van der Waals surface area contributed by atoms with Crippen LogP contribution in [0.2, 0.25) is 0 Å². The van der Waals surface area contributed by atoms with Gasteiger partial charge in [0.2, 0.25) is 0 Å². The van der Waals surface area contributed by atoms with Crippen LogP contribution in [-0.4, -0.2) is 0 Å². The predicted octanol–water partition coefficient (Wildman–Crippen LogP) is 7.57. The van der Waals surface area contributed by atoms with E-state index in [1.165, 1.54) is 39.8 Å². The van der Waals surface area contributed by atoms with Crippen LogP contribution < -0.4 is 0 Å². The molecule has 0 unspecified atom stereocenters. The highest BCUT2D eigenvalue weighted by Crippen LogP contribution is 2.31. The van der Waals surface area contributed by atoms with Gasteiger partial charge >= 0.3 is 0 Å². The molecule has 0 radical (unpaired) electrons. The molecule has 3 rings (SSSR count). The lowest BCUT2D eigenvalue weighted by atomic mass is 9.93. The smallest absolute Gasteiger partial charge is 0.0187 e. The third-order valence-corrected chi connectivity index (χ3v) is 4.35. The van der Waals surface area contributed by atoms with E-state index >= 15 is 0 Å². The molecule has 0 fully saturated rings. The van der Waals surface area contributed by atoms with Crippen LogP contribution in [0.25, 0.3) is 16.7 Å². The van der Waals surface area contributed by atoms with Gasteiger partial charge in [-0.15, -0.1) is 0 Å². The van der Waals surface area contributed by atoms with E-state index in [0.717, 1.165) is 10.9 Å². The first-order valence-corrected chi connectivity index (χ1v) is 9.16. The molecule has 0 spiro atoms. The van der Waals surface area contributed by atoms with Crippen molar-refractivity contribution in [2.45, 2.75) is 40.5 Å². The van der Waals surface area contributed by atoms with Crippen molar-refractivity contribution < 1.29 is 0 Å². The van der Waals surface area contributed by atoms with Gasteiger partial charge in [-0.2, -0.15) is 0 Å². The Bertz CT molecular complexity index is 735. The van der Waals surface area contributed by atoms with Crippen LogP contribution in [0.5, 0.6) is 0 Å². The van der Waals surface area contributed by atoms with E-state index < -0.39 is 0 Å². The van der Waals surface area contributed by atoms with Crippen LogP contribution in [-0.2, 0) is 0 Å². The fraction of sp³-hybridized carbons (Fsp3) is 0.273. The lowest BCUT2D eigenvalue weighted by Crippen LogP contribution is -1.91. The molecule has 0 bridgehead atoms. The number of halogens is 1. The second-order valence-corrected chi connectivity index (χ2v) is 6.70. The first kappa shape index (κ1) is 17.7. The minimum Gasteiger partial charge on any atom is -0.0763 e. The van der Waals surface area contributed by atoms with Crippen LogP contribution in [0.1, 0.15) is 44.7 Å². The average Bonchev–Trinajstić information content (AvgIpc) is 2.56. The molecule has 120 valence electrons. The highest BCUT2D eigenvalue weighted by atomic mass is 79.9. The largest absolute Gasteiger partial charge is 0.0763 e. The monoisotopic (exact) mass is 368 g/mol. The van der Waals surface area contributed by atoms with Crippen molar-refractivity contribution >= 4 is 21.5 Å². The Hall–Kier alpha value is -1.60. The summed E-state index contributed by atoms with van der Waals surface area (Å²) in [6.45, 7) is 8.35. The van der Waals surface area contributed by atoms with Crippen molar-refractivity contribution in [2.75, 3.05) is 0 Å². The summed E-state index contributed by atoms with van der Waals surface area (Å²) in [6.07, 6.45) is 6.98. The van der Waals surface area contributed by atoms with Crippen LogP contribution in [0.3, 0.4) is 0 Å². The van der Waals surface area contributed by atoms with Gasteiger partial charge in [0.25, 0.3) is 0 Å². The van der Waals surface area contributed by atoms with Gasteiger partial charge in [0, 0.05) is 4.47 Å². The highest BCUT2D eigenvalue weighted by Gasteiger charge is 2.08. The van der Waals surface area contributed by atoms with Crippen LogP contribution in [0.15, 0.2) is 64.7 Å². The Kier molecular flexibility index (Phi) is 6.41. The Morgan fingerprint density at radius 1 is 0.870 bits per heavy atom. The van der Waals surface area contributed by atoms with E-state index in [1.807, 2.05) is 13.8 Å². The van der Waals surface area contributed by atoms with Crippen molar-refractivity contribution in [1.82, 2.24) is 0 Å². The molecule has 2 aromatic rings. The summed E-state index contributed by atoms with van der Waals surface area (Å²) in [5.74, 6) is 0. The zero-order valence-corrected chi connectivity index (χ0v) is 16.1. The van der Waals surface area contributed by atoms with Gasteiger partial charge in [0.15, 0.2) is 0 Å². The first-order chi connectivity index (χ1) is 11.1. The molecule has 0 atom stereocenters. The number of allylic oxidation sites excluding steroid dienone is 4. The molecule has 1 aliphatic rings. The third-order valence-electron chi connectivity index (χ3n) is 3.89. The molecule has 0 aliphatic heterocycles. The Labute approximate surface area is 149 Å². The van der Waals surface area contributed by atoms with E-state index in [0.29, 0.717) is 0 Å². The molecule has 1 heteroatoms. The van der Waals surface area contributed by atoms with Crippen LogP contribution >= 0.6 is 15.9 Å². The summed E-state index contributed by atoms with van der Waals surface area (Å²) in [5, 5.41) is 0. The van der Waals surface area contributed by atoms with Crippen molar-refractivity contribution in [3.63, 3.8) is 0 Å². The molecule has 0 heterocycles. The molecular weight excluding hydrogens is 344 g/mol. The maximum absolute atomic E-state index is 3.66. The van der Waals surface area contributed by atoms with E-state index in [-0.39, 0.29) is 0 Å². The standard InChI is InChI=1S/C20H19Br.C2H6/c1-14-5-3-7-16(9-14)18-11-19(13-20(21)12-18)17-8-4-6-15(2)10-17;1-2/h3,5,7-13H,4,6H2,1-2H3;1-2H3. The van der Waals surface area contributed by atoms with E-state index in [2.05, 4.69) is 84.4 Å². The summed E-state index contributed by atoms with van der Waals surface area (Å²) < 4.78 is 1.13. The quantitative estimate of drug-likeness (QED) is 0.512. The van der Waals surface area contributed by atoms with Crippen LogP contribution in [0, 0.1) is 6.92 Å². The second kappa shape index (κ2) is 8.31. The van der Waals surface area contributed by atoms with Gasteiger partial charge in [-0.25, -0.2) is 0 Å². The molecule has 2 aromatic carbocycles. The maximum Gasteiger partial charge on any atom is 0.0187 e. The number of rotatable bonds is 2. The van der Waals surface area contributed by atoms with Crippen molar-refractivity contribution in [3.8, 4) is 11.1 Å². The number of hydrogen-bond donors (Lipinski definition) is 0. The lowest BCUT2D eigenvalue weighted by Gasteiger charge is -2.13. The van der Waals surface area contributed by atoms with Crippen molar-refractivity contribution in [1.29, 1.82) is 0 Å². The minimum atomic E-state index is 1.13. The summed E-state index contributed by atoms with van der Waals surface area (Å²) >= 11 is 3.66. The van der Waals surface area contributed by atoms with Gasteiger partial charge < -0.3 is 0 Å². The second-order valence-electron chi connectivity index (χ2n) is 5.79. The van der Waals surface area contributed by atoms with E-state index in [9.17, 15) is 0 Å². The fourth-order valence-electron chi connectivity index (χ4n) is 2.80. The van der Waals surface area contributed by atoms with Gasteiger partial charge in [0.05, 0.1) is 0 Å². The summed E-state index contributed by atoms with van der Waals surface area (Å²) in [7, 11) is 0. The average molecular weight is 369 g/mol. The topological polar surface area (TPSA) is 0 Å². The van der Waals surface area contributed by atoms with E-state index in [1.54, 1.807) is 0 Å². The highest BCUT2D eigenvalue weighted by molar-refractivity contribution is 9.10. The number of hydrogen-bond acceptors (Lipinski definition) is 0. The molecule has 0 saturated carbocycles. The maximum atomic E-state index is 3.66. The van der Waals surface area contributed by atoms with Gasteiger partial charge in [0.1, 0.15) is 0 Å². The molecule has 0 aromatic heterocycles. The van der Waals surface area contributed by atoms with Gasteiger partial charge in [-0.3, -0.25) is 0 Å². The first-order valence-electron chi connectivity index (χ1n) is 8.37. The van der Waals surface area contributed by atoms with Crippen molar-refractivity contribution in [2.24, 2.45) is 0 Å². The molecule has 0 amide bonds. The van der Waals surface area contributed by atoms with Gasteiger partial charge in [-0.1, -0.05) is 77.3 Å². The third kappa shape index (κ3) is 4.68.